The highest BCUT2D eigenvalue weighted by molar-refractivity contribution is 5.92. The largest absolute Gasteiger partial charge is 0.469 e. The van der Waals surface area contributed by atoms with Gasteiger partial charge >= 0.3 is 0 Å². The SMILES string of the molecule is Cc1ccc(Oc2ccccc2NC(=O)CCc2ccco2)cc1. The fourth-order valence-electron chi connectivity index (χ4n) is 2.30. The third kappa shape index (κ3) is 4.26. The van der Waals surface area contributed by atoms with Crippen molar-refractivity contribution < 1.29 is 13.9 Å². The Kier molecular flexibility index (Phi) is 4.96. The number of anilines is 1. The molecule has 4 heteroatoms. The normalized spacial score (nSPS) is 10.4. The van der Waals surface area contributed by atoms with Crippen LogP contribution in [-0.2, 0) is 11.2 Å². The summed E-state index contributed by atoms with van der Waals surface area (Å²) in [5.41, 5.74) is 1.82. The van der Waals surface area contributed by atoms with Crippen molar-refractivity contribution in [2.75, 3.05) is 5.32 Å². The molecule has 3 rings (SSSR count). The Morgan fingerprint density at radius 2 is 1.83 bits per heavy atom. The minimum atomic E-state index is -0.0774. The Morgan fingerprint density at radius 1 is 1.04 bits per heavy atom. The van der Waals surface area contributed by atoms with E-state index in [2.05, 4.69) is 5.32 Å². The first-order valence-electron chi connectivity index (χ1n) is 7.86. The zero-order valence-electron chi connectivity index (χ0n) is 13.5. The number of hydrogen-bond acceptors (Lipinski definition) is 3. The average molecular weight is 321 g/mol. The molecular formula is C20H19NO3. The molecule has 0 aliphatic heterocycles. The van der Waals surface area contributed by atoms with E-state index in [1.54, 1.807) is 6.26 Å². The second-order valence-corrected chi connectivity index (χ2v) is 5.54. The standard InChI is InChI=1S/C20H19NO3/c1-15-8-10-17(11-9-15)24-19-7-3-2-6-18(19)21-20(22)13-12-16-5-4-14-23-16/h2-11,14H,12-13H2,1H3,(H,21,22). The lowest BCUT2D eigenvalue weighted by molar-refractivity contribution is -0.116. The summed E-state index contributed by atoms with van der Waals surface area (Å²) in [6.07, 6.45) is 2.53. The molecule has 122 valence electrons. The van der Waals surface area contributed by atoms with Gasteiger partial charge in [-0.05, 0) is 43.3 Å². The topological polar surface area (TPSA) is 51.5 Å². The summed E-state index contributed by atoms with van der Waals surface area (Å²) < 4.78 is 11.1. The van der Waals surface area contributed by atoms with E-state index in [0.717, 1.165) is 11.5 Å². The Bertz CT molecular complexity index is 792. The number of carbonyl (C=O) groups excluding carboxylic acids is 1. The van der Waals surface area contributed by atoms with Gasteiger partial charge in [0.2, 0.25) is 5.91 Å². The molecule has 2 aromatic carbocycles. The highest BCUT2D eigenvalue weighted by Crippen LogP contribution is 2.29. The first-order chi connectivity index (χ1) is 11.7. The molecule has 1 N–H and O–H groups in total. The van der Waals surface area contributed by atoms with E-state index in [1.165, 1.54) is 5.56 Å². The molecule has 0 saturated heterocycles. The highest BCUT2D eigenvalue weighted by Gasteiger charge is 2.09. The Hall–Kier alpha value is -3.01. The summed E-state index contributed by atoms with van der Waals surface area (Å²) >= 11 is 0. The number of para-hydroxylation sites is 2. The van der Waals surface area contributed by atoms with Crippen LogP contribution in [0.25, 0.3) is 0 Å². The van der Waals surface area contributed by atoms with E-state index in [9.17, 15) is 4.79 Å². The zero-order chi connectivity index (χ0) is 16.8. The van der Waals surface area contributed by atoms with Gasteiger partial charge in [0.05, 0.1) is 12.0 Å². The quantitative estimate of drug-likeness (QED) is 0.698. The van der Waals surface area contributed by atoms with Gasteiger partial charge in [-0.1, -0.05) is 29.8 Å². The fourth-order valence-corrected chi connectivity index (χ4v) is 2.30. The van der Waals surface area contributed by atoms with E-state index in [-0.39, 0.29) is 5.91 Å². The Balaban J connectivity index is 1.65. The van der Waals surface area contributed by atoms with Gasteiger partial charge in [-0.3, -0.25) is 4.79 Å². The second kappa shape index (κ2) is 7.51. The minimum absolute atomic E-state index is 0.0774. The van der Waals surface area contributed by atoms with Gasteiger partial charge in [-0.25, -0.2) is 0 Å². The van der Waals surface area contributed by atoms with E-state index in [1.807, 2.05) is 67.6 Å². The molecule has 1 aromatic heterocycles. The smallest absolute Gasteiger partial charge is 0.224 e. The predicted molar refractivity (Wildman–Crippen MR) is 93.4 cm³/mol. The Labute approximate surface area is 141 Å². The summed E-state index contributed by atoms with van der Waals surface area (Å²) in [6.45, 7) is 2.02. The summed E-state index contributed by atoms with van der Waals surface area (Å²) in [6, 6.07) is 18.9. The van der Waals surface area contributed by atoms with Crippen LogP contribution in [0.15, 0.2) is 71.3 Å². The van der Waals surface area contributed by atoms with Crippen molar-refractivity contribution in [3.63, 3.8) is 0 Å². The van der Waals surface area contributed by atoms with Crippen LogP contribution < -0.4 is 10.1 Å². The van der Waals surface area contributed by atoms with Crippen molar-refractivity contribution in [3.8, 4) is 11.5 Å². The van der Waals surface area contributed by atoms with Crippen LogP contribution in [0.1, 0.15) is 17.7 Å². The van der Waals surface area contributed by atoms with Gasteiger partial charge in [-0.15, -0.1) is 0 Å². The lowest BCUT2D eigenvalue weighted by Crippen LogP contribution is -2.12. The molecule has 0 spiro atoms. The Morgan fingerprint density at radius 3 is 2.58 bits per heavy atom. The second-order valence-electron chi connectivity index (χ2n) is 5.54. The number of furan rings is 1. The molecule has 0 bridgehead atoms. The number of amides is 1. The monoisotopic (exact) mass is 321 g/mol. The van der Waals surface area contributed by atoms with E-state index in [4.69, 9.17) is 9.15 Å². The molecule has 3 aromatic rings. The number of aryl methyl sites for hydroxylation is 2. The van der Waals surface area contributed by atoms with Crippen molar-refractivity contribution in [1.29, 1.82) is 0 Å². The summed E-state index contributed by atoms with van der Waals surface area (Å²) in [7, 11) is 0. The van der Waals surface area contributed by atoms with Crippen molar-refractivity contribution in [3.05, 3.63) is 78.3 Å². The summed E-state index contributed by atoms with van der Waals surface area (Å²) in [5, 5.41) is 2.90. The number of hydrogen-bond donors (Lipinski definition) is 1. The van der Waals surface area contributed by atoms with Gasteiger partial charge in [-0.2, -0.15) is 0 Å². The molecule has 0 aliphatic carbocycles. The molecular weight excluding hydrogens is 302 g/mol. The van der Waals surface area contributed by atoms with Crippen LogP contribution in [0.5, 0.6) is 11.5 Å². The maximum atomic E-state index is 12.1. The van der Waals surface area contributed by atoms with Gasteiger partial charge in [0.1, 0.15) is 11.5 Å². The lowest BCUT2D eigenvalue weighted by Gasteiger charge is -2.12. The molecule has 4 nitrogen and oxygen atoms in total. The molecule has 24 heavy (non-hydrogen) atoms. The molecule has 1 heterocycles. The molecule has 0 unspecified atom stereocenters. The summed E-state index contributed by atoms with van der Waals surface area (Å²) in [4.78, 5) is 12.1. The number of rotatable bonds is 6. The van der Waals surface area contributed by atoms with Crippen LogP contribution in [-0.4, -0.2) is 5.91 Å². The molecule has 0 atom stereocenters. The van der Waals surface area contributed by atoms with Crippen molar-refractivity contribution in [2.45, 2.75) is 19.8 Å². The lowest BCUT2D eigenvalue weighted by atomic mass is 10.2. The van der Waals surface area contributed by atoms with Crippen molar-refractivity contribution in [2.24, 2.45) is 0 Å². The van der Waals surface area contributed by atoms with Crippen LogP contribution in [0, 0.1) is 6.92 Å². The van der Waals surface area contributed by atoms with Crippen LogP contribution >= 0.6 is 0 Å². The molecule has 1 amide bonds. The van der Waals surface area contributed by atoms with Gasteiger partial charge in [0.25, 0.3) is 0 Å². The van der Waals surface area contributed by atoms with E-state index in [0.29, 0.717) is 24.3 Å². The number of carbonyl (C=O) groups is 1. The molecule has 0 radical (unpaired) electrons. The summed E-state index contributed by atoms with van der Waals surface area (Å²) in [5.74, 6) is 2.08. The third-order valence-corrected chi connectivity index (χ3v) is 3.59. The fraction of sp³-hybridized carbons (Fsp3) is 0.150. The van der Waals surface area contributed by atoms with Crippen molar-refractivity contribution in [1.82, 2.24) is 0 Å². The molecule has 0 aliphatic rings. The highest BCUT2D eigenvalue weighted by atomic mass is 16.5. The number of ether oxygens (including phenoxy) is 1. The van der Waals surface area contributed by atoms with E-state index >= 15 is 0 Å². The van der Waals surface area contributed by atoms with E-state index < -0.39 is 0 Å². The van der Waals surface area contributed by atoms with Crippen LogP contribution in [0.4, 0.5) is 5.69 Å². The van der Waals surface area contributed by atoms with Gasteiger partial charge in [0.15, 0.2) is 5.75 Å². The minimum Gasteiger partial charge on any atom is -0.469 e. The first kappa shape index (κ1) is 15.9. The molecule has 0 fully saturated rings. The number of benzene rings is 2. The maximum absolute atomic E-state index is 12.1. The van der Waals surface area contributed by atoms with Gasteiger partial charge in [0, 0.05) is 12.8 Å². The average Bonchev–Trinajstić information content (AvgIpc) is 3.10. The number of nitrogens with one attached hydrogen (secondary N) is 1. The third-order valence-electron chi connectivity index (χ3n) is 3.59. The predicted octanol–water partition coefficient (Wildman–Crippen LogP) is 4.95. The van der Waals surface area contributed by atoms with Crippen molar-refractivity contribution >= 4 is 11.6 Å². The zero-order valence-corrected chi connectivity index (χ0v) is 13.5. The van der Waals surface area contributed by atoms with Crippen LogP contribution in [0.2, 0.25) is 0 Å². The van der Waals surface area contributed by atoms with Crippen LogP contribution in [0.3, 0.4) is 0 Å². The molecule has 0 saturated carbocycles. The maximum Gasteiger partial charge on any atom is 0.224 e. The van der Waals surface area contributed by atoms with Gasteiger partial charge < -0.3 is 14.5 Å². The first-order valence-corrected chi connectivity index (χ1v) is 7.86.